The quantitative estimate of drug-likeness (QED) is 0.772. The molecule has 7 heteroatoms. The van der Waals surface area contributed by atoms with E-state index in [9.17, 15) is 0 Å². The van der Waals surface area contributed by atoms with Crippen LogP contribution in [0.4, 0.5) is 0 Å². The fourth-order valence-electron chi connectivity index (χ4n) is 1.21. The van der Waals surface area contributed by atoms with E-state index in [0.717, 1.165) is 18.2 Å². The highest BCUT2D eigenvalue weighted by Crippen LogP contribution is 2.37. The van der Waals surface area contributed by atoms with E-state index in [1.807, 2.05) is 0 Å². The lowest BCUT2D eigenvalue weighted by atomic mass is 10.3. The van der Waals surface area contributed by atoms with Gasteiger partial charge >= 0.3 is 6.72 Å². The first-order valence-corrected chi connectivity index (χ1v) is 7.21. The number of rotatable bonds is 4. The second kappa shape index (κ2) is 4.14. The molecule has 0 aromatic carbocycles. The summed E-state index contributed by atoms with van der Waals surface area (Å²) < 4.78 is 4.69. The monoisotopic (exact) mass is 246 g/mol. The smallest absolute Gasteiger partial charge is 0.375 e. The van der Waals surface area contributed by atoms with E-state index in [4.69, 9.17) is 9.79 Å². The molecule has 1 heterocycles. The molecule has 0 atom stereocenters. The minimum atomic E-state index is -3.66. The zero-order chi connectivity index (χ0) is 10.9. The molecule has 1 aromatic rings. The standard InChI is InChI=1S/C8H11N2O3PS/c11-14(12,15)13-7-4-9-8(10-5-7)3-6-1-2-6/h4-6H,1-3H2,(H2,11,12,15). The molecule has 0 unspecified atom stereocenters. The molecular formula is C8H11N2O3PS. The van der Waals surface area contributed by atoms with Crippen LogP contribution < -0.4 is 4.52 Å². The van der Waals surface area contributed by atoms with Crippen LogP contribution in [0.2, 0.25) is 0 Å². The van der Waals surface area contributed by atoms with E-state index in [-0.39, 0.29) is 5.75 Å². The summed E-state index contributed by atoms with van der Waals surface area (Å²) in [4.78, 5) is 25.9. The summed E-state index contributed by atoms with van der Waals surface area (Å²) in [6.45, 7) is -3.66. The summed E-state index contributed by atoms with van der Waals surface area (Å²) in [5.41, 5.74) is 0. The van der Waals surface area contributed by atoms with Gasteiger partial charge in [0.1, 0.15) is 5.82 Å². The Morgan fingerprint density at radius 2 is 2.00 bits per heavy atom. The van der Waals surface area contributed by atoms with Gasteiger partial charge in [0, 0.05) is 18.2 Å². The van der Waals surface area contributed by atoms with Gasteiger partial charge in [-0.2, -0.15) is 0 Å². The maximum atomic E-state index is 8.90. The zero-order valence-electron chi connectivity index (χ0n) is 7.91. The molecule has 0 spiro atoms. The average molecular weight is 246 g/mol. The summed E-state index contributed by atoms with van der Waals surface area (Å²) in [6, 6.07) is 0. The van der Waals surface area contributed by atoms with Gasteiger partial charge in [-0.05, 0) is 18.8 Å². The molecule has 0 saturated heterocycles. The summed E-state index contributed by atoms with van der Waals surface area (Å²) >= 11 is 4.32. The molecule has 0 aliphatic heterocycles. The number of hydrogen-bond acceptors (Lipinski definition) is 4. The first kappa shape index (κ1) is 11.0. The van der Waals surface area contributed by atoms with Crippen molar-refractivity contribution in [2.75, 3.05) is 0 Å². The summed E-state index contributed by atoms with van der Waals surface area (Å²) in [5.74, 6) is 1.68. The number of hydrogen-bond donors (Lipinski definition) is 2. The molecule has 0 bridgehead atoms. The maximum absolute atomic E-state index is 8.90. The van der Waals surface area contributed by atoms with Crippen LogP contribution in [0, 0.1) is 5.92 Å². The second-order valence-electron chi connectivity index (χ2n) is 3.56. The van der Waals surface area contributed by atoms with Crippen molar-refractivity contribution in [2.24, 2.45) is 5.92 Å². The summed E-state index contributed by atoms with van der Waals surface area (Å²) in [5, 5.41) is 0. The van der Waals surface area contributed by atoms with Gasteiger partial charge in [-0.3, -0.25) is 0 Å². The Labute approximate surface area is 92.4 Å². The second-order valence-corrected chi connectivity index (χ2v) is 6.16. The first-order chi connectivity index (χ1) is 7.03. The van der Waals surface area contributed by atoms with Crippen LogP contribution in [0.1, 0.15) is 18.7 Å². The Morgan fingerprint density at radius 1 is 1.40 bits per heavy atom. The third-order valence-corrected chi connectivity index (χ3v) is 2.75. The predicted octanol–water partition coefficient (Wildman–Crippen LogP) is 1.02. The van der Waals surface area contributed by atoms with Crippen LogP contribution in [0.25, 0.3) is 0 Å². The normalized spacial score (nSPS) is 16.4. The van der Waals surface area contributed by atoms with E-state index < -0.39 is 6.72 Å². The zero-order valence-corrected chi connectivity index (χ0v) is 9.62. The maximum Gasteiger partial charge on any atom is 0.375 e. The SMILES string of the molecule is OP(O)(=S)Oc1cnc(CC2CC2)nc1. The van der Waals surface area contributed by atoms with Crippen LogP contribution in [0.15, 0.2) is 12.4 Å². The third-order valence-electron chi connectivity index (χ3n) is 2.07. The van der Waals surface area contributed by atoms with Gasteiger partial charge in [0.05, 0.1) is 12.4 Å². The van der Waals surface area contributed by atoms with Crippen molar-refractivity contribution in [3.05, 3.63) is 18.2 Å². The van der Waals surface area contributed by atoms with Crippen molar-refractivity contribution in [1.29, 1.82) is 0 Å². The van der Waals surface area contributed by atoms with Crippen molar-refractivity contribution < 1.29 is 14.3 Å². The number of aromatic nitrogens is 2. The lowest BCUT2D eigenvalue weighted by Crippen LogP contribution is -1.97. The molecule has 1 aromatic heterocycles. The van der Waals surface area contributed by atoms with Gasteiger partial charge in [-0.1, -0.05) is 0 Å². The Hall–Kier alpha value is -0.550. The molecular weight excluding hydrogens is 235 g/mol. The molecule has 2 N–H and O–H groups in total. The van der Waals surface area contributed by atoms with Crippen molar-refractivity contribution in [3.63, 3.8) is 0 Å². The Kier molecular flexibility index (Phi) is 3.02. The highest BCUT2D eigenvalue weighted by Gasteiger charge is 2.22. The van der Waals surface area contributed by atoms with E-state index in [1.54, 1.807) is 0 Å². The van der Waals surface area contributed by atoms with Crippen molar-refractivity contribution in [1.82, 2.24) is 9.97 Å². The Balaban J connectivity index is 1.99. The highest BCUT2D eigenvalue weighted by atomic mass is 32.5. The molecule has 1 saturated carbocycles. The molecule has 1 aliphatic rings. The summed E-state index contributed by atoms with van der Waals surface area (Å²) in [6.07, 6.45) is 6.20. The van der Waals surface area contributed by atoms with Gasteiger partial charge in [-0.15, -0.1) is 0 Å². The molecule has 0 amide bonds. The van der Waals surface area contributed by atoms with Crippen LogP contribution in [0.5, 0.6) is 5.75 Å². The molecule has 1 fully saturated rings. The van der Waals surface area contributed by atoms with E-state index in [0.29, 0.717) is 0 Å². The highest BCUT2D eigenvalue weighted by molar-refractivity contribution is 8.06. The largest absolute Gasteiger partial charge is 0.421 e. The Morgan fingerprint density at radius 3 is 2.47 bits per heavy atom. The van der Waals surface area contributed by atoms with Crippen LogP contribution in [-0.2, 0) is 18.2 Å². The summed E-state index contributed by atoms with van der Waals surface area (Å²) in [7, 11) is 0. The number of nitrogens with zero attached hydrogens (tertiary/aromatic N) is 2. The van der Waals surface area contributed by atoms with Gasteiger partial charge in [0.25, 0.3) is 0 Å². The molecule has 15 heavy (non-hydrogen) atoms. The minimum absolute atomic E-state index is 0.197. The molecule has 5 nitrogen and oxygen atoms in total. The van der Waals surface area contributed by atoms with Crippen molar-refractivity contribution in [3.8, 4) is 5.75 Å². The lowest BCUT2D eigenvalue weighted by molar-refractivity contribution is 0.369. The fourth-order valence-corrected chi connectivity index (χ4v) is 1.84. The molecule has 1 aliphatic carbocycles. The van der Waals surface area contributed by atoms with E-state index in [2.05, 4.69) is 26.3 Å². The van der Waals surface area contributed by atoms with Gasteiger partial charge < -0.3 is 14.3 Å². The predicted molar refractivity (Wildman–Crippen MR) is 57.8 cm³/mol. The van der Waals surface area contributed by atoms with Crippen LogP contribution >= 0.6 is 6.72 Å². The molecule has 2 rings (SSSR count). The molecule has 82 valence electrons. The van der Waals surface area contributed by atoms with Gasteiger partial charge in [0.15, 0.2) is 5.75 Å². The Bertz CT molecular complexity index is 387. The van der Waals surface area contributed by atoms with Crippen LogP contribution in [-0.4, -0.2) is 19.8 Å². The average Bonchev–Trinajstić information content (AvgIpc) is 2.90. The van der Waals surface area contributed by atoms with Crippen molar-refractivity contribution in [2.45, 2.75) is 19.3 Å². The van der Waals surface area contributed by atoms with Crippen LogP contribution in [0.3, 0.4) is 0 Å². The van der Waals surface area contributed by atoms with E-state index in [1.165, 1.54) is 25.2 Å². The van der Waals surface area contributed by atoms with E-state index >= 15 is 0 Å². The topological polar surface area (TPSA) is 75.5 Å². The third kappa shape index (κ3) is 3.83. The molecule has 0 radical (unpaired) electrons. The van der Waals surface area contributed by atoms with Gasteiger partial charge in [0.2, 0.25) is 0 Å². The minimum Gasteiger partial charge on any atom is -0.421 e. The fraction of sp³-hybridized carbons (Fsp3) is 0.500. The lowest BCUT2D eigenvalue weighted by Gasteiger charge is -2.08. The first-order valence-electron chi connectivity index (χ1n) is 4.59. The van der Waals surface area contributed by atoms with Crippen molar-refractivity contribution >= 4 is 18.5 Å². The van der Waals surface area contributed by atoms with Gasteiger partial charge in [-0.25, -0.2) is 9.97 Å².